The Labute approximate surface area is 179 Å². The number of halogens is 4. The van der Waals surface area contributed by atoms with Crippen molar-refractivity contribution in [2.24, 2.45) is 4.99 Å². The molecule has 0 saturated heterocycles. The van der Waals surface area contributed by atoms with E-state index in [4.69, 9.17) is 9.47 Å². The fourth-order valence-electron chi connectivity index (χ4n) is 2.39. The third-order valence-corrected chi connectivity index (χ3v) is 3.91. The Kier molecular flexibility index (Phi) is 9.36. The maximum absolute atomic E-state index is 12.6. The number of methoxy groups -OCH3 is 2. The van der Waals surface area contributed by atoms with Gasteiger partial charge in [0.1, 0.15) is 11.5 Å². The summed E-state index contributed by atoms with van der Waals surface area (Å²) in [5.74, 6) is 1.90. The van der Waals surface area contributed by atoms with E-state index in [1.54, 1.807) is 27.3 Å². The van der Waals surface area contributed by atoms with Crippen LogP contribution in [0.3, 0.4) is 0 Å². The number of aliphatic imine (C=N–C) groups is 1. The number of guanidine groups is 1. The topological polar surface area (TPSA) is 54.9 Å². The fraction of sp³-hybridized carbons (Fsp3) is 0.316. The van der Waals surface area contributed by atoms with Crippen LogP contribution in [0.2, 0.25) is 0 Å². The second-order valence-electron chi connectivity index (χ2n) is 5.65. The van der Waals surface area contributed by atoms with Crippen molar-refractivity contribution in [1.29, 1.82) is 0 Å². The lowest BCUT2D eigenvalue weighted by Crippen LogP contribution is -2.36. The molecule has 0 fully saturated rings. The molecule has 0 saturated carbocycles. The molecule has 5 nitrogen and oxygen atoms in total. The van der Waals surface area contributed by atoms with Crippen LogP contribution in [-0.4, -0.2) is 27.2 Å². The first-order chi connectivity index (χ1) is 12.9. The van der Waals surface area contributed by atoms with E-state index in [2.05, 4.69) is 15.6 Å². The van der Waals surface area contributed by atoms with Crippen molar-refractivity contribution in [2.75, 3.05) is 21.3 Å². The van der Waals surface area contributed by atoms with Crippen LogP contribution in [0.1, 0.15) is 16.7 Å². The minimum absolute atomic E-state index is 0. The van der Waals surface area contributed by atoms with Gasteiger partial charge in [0.05, 0.1) is 19.8 Å². The van der Waals surface area contributed by atoms with Gasteiger partial charge in [-0.15, -0.1) is 24.0 Å². The highest BCUT2D eigenvalue weighted by Gasteiger charge is 2.29. The molecule has 0 aliphatic rings. The van der Waals surface area contributed by atoms with Gasteiger partial charge in [-0.2, -0.15) is 13.2 Å². The van der Waals surface area contributed by atoms with Gasteiger partial charge < -0.3 is 20.1 Å². The number of nitrogens with zero attached hydrogens (tertiary/aromatic N) is 1. The molecule has 0 unspecified atom stereocenters. The number of hydrogen-bond donors (Lipinski definition) is 2. The van der Waals surface area contributed by atoms with E-state index >= 15 is 0 Å². The van der Waals surface area contributed by atoms with Gasteiger partial charge in [-0.05, 0) is 29.8 Å². The molecule has 0 heterocycles. The molecular weight excluding hydrogens is 486 g/mol. The third kappa shape index (κ3) is 6.77. The van der Waals surface area contributed by atoms with E-state index in [0.29, 0.717) is 36.1 Å². The monoisotopic (exact) mass is 509 g/mol. The van der Waals surface area contributed by atoms with Crippen molar-refractivity contribution in [2.45, 2.75) is 19.3 Å². The third-order valence-electron chi connectivity index (χ3n) is 3.91. The Hall–Kier alpha value is -2.17. The fourth-order valence-corrected chi connectivity index (χ4v) is 2.39. The molecule has 2 N–H and O–H groups in total. The minimum atomic E-state index is -4.33. The summed E-state index contributed by atoms with van der Waals surface area (Å²) in [6.45, 7) is 0.803. The van der Waals surface area contributed by atoms with Gasteiger partial charge in [0.15, 0.2) is 5.96 Å². The van der Waals surface area contributed by atoms with E-state index in [1.165, 1.54) is 12.1 Å². The van der Waals surface area contributed by atoms with E-state index in [-0.39, 0.29) is 24.0 Å². The molecule has 9 heteroatoms. The molecule has 0 bridgehead atoms. The summed E-state index contributed by atoms with van der Waals surface area (Å²) in [5.41, 5.74) is 0.962. The van der Waals surface area contributed by atoms with Crippen molar-refractivity contribution >= 4 is 29.9 Å². The van der Waals surface area contributed by atoms with Crippen LogP contribution in [0, 0.1) is 0 Å². The lowest BCUT2D eigenvalue weighted by molar-refractivity contribution is -0.137. The van der Waals surface area contributed by atoms with E-state index in [1.807, 2.05) is 12.1 Å². The molecule has 0 spiro atoms. The van der Waals surface area contributed by atoms with Crippen LogP contribution in [-0.2, 0) is 19.3 Å². The van der Waals surface area contributed by atoms with Crippen LogP contribution in [0.15, 0.2) is 47.5 Å². The summed E-state index contributed by atoms with van der Waals surface area (Å²) in [4.78, 5) is 4.11. The van der Waals surface area contributed by atoms with Crippen molar-refractivity contribution in [3.8, 4) is 11.5 Å². The van der Waals surface area contributed by atoms with Gasteiger partial charge in [-0.3, -0.25) is 4.99 Å². The zero-order valence-electron chi connectivity index (χ0n) is 15.8. The Morgan fingerprint density at radius 3 is 2.14 bits per heavy atom. The molecule has 154 valence electrons. The molecule has 0 amide bonds. The highest BCUT2D eigenvalue weighted by atomic mass is 127. The molecule has 2 aromatic rings. The van der Waals surface area contributed by atoms with E-state index < -0.39 is 11.7 Å². The van der Waals surface area contributed by atoms with E-state index in [9.17, 15) is 13.2 Å². The minimum Gasteiger partial charge on any atom is -0.497 e. The normalized spacial score (nSPS) is 11.4. The van der Waals surface area contributed by atoms with Gasteiger partial charge in [-0.1, -0.05) is 12.1 Å². The first kappa shape index (κ1) is 23.9. The number of hydrogen-bond acceptors (Lipinski definition) is 3. The molecule has 2 aromatic carbocycles. The lowest BCUT2D eigenvalue weighted by atomic mass is 10.1. The number of nitrogens with one attached hydrogen (secondary N) is 2. The van der Waals surface area contributed by atoms with Crippen LogP contribution in [0.5, 0.6) is 11.5 Å². The van der Waals surface area contributed by atoms with Gasteiger partial charge in [0, 0.05) is 31.8 Å². The summed E-state index contributed by atoms with van der Waals surface area (Å²) in [7, 11) is 4.78. The Morgan fingerprint density at radius 1 is 0.964 bits per heavy atom. The highest BCUT2D eigenvalue weighted by molar-refractivity contribution is 14.0. The van der Waals surface area contributed by atoms with Crippen molar-refractivity contribution < 1.29 is 22.6 Å². The van der Waals surface area contributed by atoms with Crippen molar-refractivity contribution in [1.82, 2.24) is 10.6 Å². The van der Waals surface area contributed by atoms with Crippen molar-refractivity contribution in [3.05, 3.63) is 59.2 Å². The first-order valence-electron chi connectivity index (χ1n) is 8.19. The zero-order chi connectivity index (χ0) is 19.9. The molecule has 0 aliphatic heterocycles. The molecule has 0 atom stereocenters. The van der Waals surface area contributed by atoms with Gasteiger partial charge >= 0.3 is 6.18 Å². The summed E-state index contributed by atoms with van der Waals surface area (Å²) in [6.07, 6.45) is -4.33. The van der Waals surface area contributed by atoms with Gasteiger partial charge in [0.2, 0.25) is 0 Å². The second-order valence-corrected chi connectivity index (χ2v) is 5.65. The number of benzene rings is 2. The summed E-state index contributed by atoms with van der Waals surface area (Å²) >= 11 is 0. The quantitative estimate of drug-likeness (QED) is 0.348. The van der Waals surface area contributed by atoms with Crippen LogP contribution >= 0.6 is 24.0 Å². The molecule has 2 rings (SSSR count). The number of ether oxygens (including phenoxy) is 2. The average molecular weight is 509 g/mol. The SMILES string of the molecule is CN=C(NCc1ccc(C(F)(F)F)cc1)NCc1ccc(OC)cc1OC.I. The lowest BCUT2D eigenvalue weighted by Gasteiger charge is -2.15. The van der Waals surface area contributed by atoms with Crippen molar-refractivity contribution in [3.63, 3.8) is 0 Å². The van der Waals surface area contributed by atoms with Crippen LogP contribution < -0.4 is 20.1 Å². The predicted molar refractivity (Wildman–Crippen MR) is 113 cm³/mol. The van der Waals surface area contributed by atoms with Crippen LogP contribution in [0.25, 0.3) is 0 Å². The van der Waals surface area contributed by atoms with E-state index in [0.717, 1.165) is 17.7 Å². The molecule has 0 radical (unpaired) electrons. The van der Waals surface area contributed by atoms with Crippen LogP contribution in [0.4, 0.5) is 13.2 Å². The Balaban J connectivity index is 0.00000392. The molecule has 28 heavy (non-hydrogen) atoms. The predicted octanol–water partition coefficient (Wildman–Crippen LogP) is 4.21. The Bertz CT molecular complexity index is 781. The summed E-state index contributed by atoms with van der Waals surface area (Å²) in [5, 5.41) is 6.21. The molecular formula is C19H23F3IN3O2. The maximum atomic E-state index is 12.6. The zero-order valence-corrected chi connectivity index (χ0v) is 18.1. The first-order valence-corrected chi connectivity index (χ1v) is 8.19. The largest absolute Gasteiger partial charge is 0.497 e. The number of alkyl halides is 3. The second kappa shape index (κ2) is 11.0. The van der Waals surface area contributed by atoms with Gasteiger partial charge in [0.25, 0.3) is 0 Å². The van der Waals surface area contributed by atoms with Gasteiger partial charge in [-0.25, -0.2) is 0 Å². The number of rotatable bonds is 6. The Morgan fingerprint density at radius 2 is 1.61 bits per heavy atom. The summed E-state index contributed by atoms with van der Waals surface area (Å²) in [6, 6.07) is 10.5. The highest BCUT2D eigenvalue weighted by Crippen LogP contribution is 2.29. The smallest absolute Gasteiger partial charge is 0.416 e. The average Bonchev–Trinajstić information content (AvgIpc) is 2.67. The summed E-state index contributed by atoms with van der Waals surface area (Å²) < 4.78 is 48.3. The maximum Gasteiger partial charge on any atom is 0.416 e. The molecule has 0 aliphatic carbocycles. The standard InChI is InChI=1S/C19H22F3N3O2.HI/c1-23-18(24-11-13-4-7-15(8-5-13)19(20,21)22)25-12-14-6-9-16(26-2)10-17(14)27-3;/h4-10H,11-12H2,1-3H3,(H2,23,24,25);1H. The molecule has 0 aromatic heterocycles.